The highest BCUT2D eigenvalue weighted by molar-refractivity contribution is 5.83. The molecule has 0 aromatic carbocycles. The zero-order valence-corrected chi connectivity index (χ0v) is 10.2. The minimum atomic E-state index is -0.0718. The van der Waals surface area contributed by atoms with Crippen LogP contribution in [0.5, 0.6) is 0 Å². The van der Waals surface area contributed by atoms with E-state index < -0.39 is 0 Å². The molecule has 2 N–H and O–H groups in total. The van der Waals surface area contributed by atoms with Gasteiger partial charge in [0, 0.05) is 31.5 Å². The van der Waals surface area contributed by atoms with E-state index in [1.807, 2.05) is 6.92 Å². The second-order valence-electron chi connectivity index (χ2n) is 4.96. The third kappa shape index (κ3) is 3.19. The Balaban J connectivity index is 1.77. The van der Waals surface area contributed by atoms with E-state index in [2.05, 4.69) is 10.6 Å². The van der Waals surface area contributed by atoms with Gasteiger partial charge in [-0.15, -0.1) is 0 Å². The average Bonchev–Trinajstić information content (AvgIpc) is 2.83. The fourth-order valence-electron chi connectivity index (χ4n) is 2.36. The van der Waals surface area contributed by atoms with Crippen LogP contribution in [0.1, 0.15) is 26.2 Å². The monoisotopic (exact) mass is 240 g/mol. The van der Waals surface area contributed by atoms with Gasteiger partial charge in [-0.25, -0.2) is 0 Å². The molecule has 2 rings (SSSR count). The first-order valence-electron chi connectivity index (χ1n) is 6.31. The van der Waals surface area contributed by atoms with Crippen LogP contribution in [0.15, 0.2) is 0 Å². The van der Waals surface area contributed by atoms with Crippen molar-refractivity contribution in [1.29, 1.82) is 0 Å². The highest BCUT2D eigenvalue weighted by Gasteiger charge is 2.28. The van der Waals surface area contributed by atoms with Gasteiger partial charge in [-0.2, -0.15) is 0 Å². The van der Waals surface area contributed by atoms with Gasteiger partial charge in [0.1, 0.15) is 0 Å². The number of piperidine rings is 1. The van der Waals surface area contributed by atoms with Crippen molar-refractivity contribution < 1.29 is 14.3 Å². The molecule has 0 aliphatic carbocycles. The van der Waals surface area contributed by atoms with Crippen molar-refractivity contribution in [2.75, 3.05) is 19.8 Å². The molecule has 5 heteroatoms. The summed E-state index contributed by atoms with van der Waals surface area (Å²) in [5.74, 6) is 0.463. The van der Waals surface area contributed by atoms with E-state index in [-0.39, 0.29) is 23.8 Å². The van der Waals surface area contributed by atoms with E-state index in [1.54, 1.807) is 0 Å². The maximum Gasteiger partial charge on any atom is 0.225 e. The summed E-state index contributed by atoms with van der Waals surface area (Å²) in [6, 6.07) is 0.155. The van der Waals surface area contributed by atoms with Gasteiger partial charge in [0.05, 0.1) is 12.5 Å². The topological polar surface area (TPSA) is 67.4 Å². The normalized spacial score (nSPS) is 30.8. The molecule has 3 unspecified atom stereocenters. The van der Waals surface area contributed by atoms with E-state index in [0.717, 1.165) is 19.6 Å². The summed E-state index contributed by atoms with van der Waals surface area (Å²) in [7, 11) is 0. The van der Waals surface area contributed by atoms with Gasteiger partial charge in [0.15, 0.2) is 0 Å². The van der Waals surface area contributed by atoms with Gasteiger partial charge in [-0.1, -0.05) is 0 Å². The Hall–Kier alpha value is -1.10. The van der Waals surface area contributed by atoms with E-state index >= 15 is 0 Å². The molecule has 2 heterocycles. The number of nitrogens with one attached hydrogen (secondary N) is 2. The molecule has 5 nitrogen and oxygen atoms in total. The molecule has 0 spiro atoms. The van der Waals surface area contributed by atoms with Crippen molar-refractivity contribution in [3.8, 4) is 0 Å². The lowest BCUT2D eigenvalue weighted by Crippen LogP contribution is -2.47. The maximum absolute atomic E-state index is 12.0. The Morgan fingerprint density at radius 1 is 1.53 bits per heavy atom. The van der Waals surface area contributed by atoms with Gasteiger partial charge in [-0.3, -0.25) is 9.59 Å². The Kier molecular flexibility index (Phi) is 3.99. The second-order valence-corrected chi connectivity index (χ2v) is 4.96. The largest absolute Gasteiger partial charge is 0.381 e. The summed E-state index contributed by atoms with van der Waals surface area (Å²) in [4.78, 5) is 23.0. The predicted octanol–water partition coefficient (Wildman–Crippen LogP) is 0.0538. The van der Waals surface area contributed by atoms with Crippen LogP contribution >= 0.6 is 0 Å². The fraction of sp³-hybridized carbons (Fsp3) is 0.833. The molecular formula is C12H20N2O3. The minimum Gasteiger partial charge on any atom is -0.381 e. The van der Waals surface area contributed by atoms with Crippen molar-refractivity contribution in [1.82, 2.24) is 10.6 Å². The van der Waals surface area contributed by atoms with Gasteiger partial charge >= 0.3 is 0 Å². The summed E-state index contributed by atoms with van der Waals surface area (Å²) in [6.07, 6.45) is 2.13. The molecule has 0 aromatic heterocycles. The predicted molar refractivity (Wildman–Crippen MR) is 62.3 cm³/mol. The third-order valence-electron chi connectivity index (χ3n) is 3.68. The standard InChI is InChI=1S/C12H20N2O3/c1-8(10-4-5-17-7-10)14-12(16)9-2-3-11(15)13-6-9/h8-10H,2-7H2,1H3,(H,13,15)(H,14,16). The lowest BCUT2D eigenvalue weighted by atomic mass is 9.96. The van der Waals surface area contributed by atoms with Crippen LogP contribution in [0.3, 0.4) is 0 Å². The van der Waals surface area contributed by atoms with Crippen molar-refractivity contribution in [2.24, 2.45) is 11.8 Å². The fourth-order valence-corrected chi connectivity index (χ4v) is 2.36. The first-order chi connectivity index (χ1) is 8.16. The average molecular weight is 240 g/mol. The van der Waals surface area contributed by atoms with Crippen LogP contribution in [0.4, 0.5) is 0 Å². The SMILES string of the molecule is CC(NC(=O)C1CCC(=O)NC1)C1CCOC1. The molecule has 2 saturated heterocycles. The van der Waals surface area contributed by atoms with E-state index in [1.165, 1.54) is 0 Å². The molecule has 17 heavy (non-hydrogen) atoms. The van der Waals surface area contributed by atoms with Crippen molar-refractivity contribution >= 4 is 11.8 Å². The first kappa shape index (κ1) is 12.4. The quantitative estimate of drug-likeness (QED) is 0.732. The van der Waals surface area contributed by atoms with Crippen LogP contribution in [-0.4, -0.2) is 37.6 Å². The zero-order valence-electron chi connectivity index (χ0n) is 10.2. The summed E-state index contributed by atoms with van der Waals surface area (Å²) in [5, 5.41) is 5.77. The molecule has 0 radical (unpaired) electrons. The molecule has 2 aliphatic heterocycles. The smallest absolute Gasteiger partial charge is 0.225 e. The van der Waals surface area contributed by atoms with Crippen LogP contribution < -0.4 is 10.6 Å². The Morgan fingerprint density at radius 2 is 2.35 bits per heavy atom. The van der Waals surface area contributed by atoms with Crippen LogP contribution in [0.2, 0.25) is 0 Å². The van der Waals surface area contributed by atoms with E-state index in [9.17, 15) is 9.59 Å². The van der Waals surface area contributed by atoms with E-state index in [4.69, 9.17) is 4.74 Å². The van der Waals surface area contributed by atoms with Crippen molar-refractivity contribution in [3.63, 3.8) is 0 Å². The Morgan fingerprint density at radius 3 is 2.94 bits per heavy atom. The van der Waals surface area contributed by atoms with Crippen molar-refractivity contribution in [3.05, 3.63) is 0 Å². The molecular weight excluding hydrogens is 220 g/mol. The number of rotatable bonds is 3. The minimum absolute atomic E-state index is 0.0475. The highest BCUT2D eigenvalue weighted by atomic mass is 16.5. The lowest BCUT2D eigenvalue weighted by molar-refractivity contribution is -0.129. The maximum atomic E-state index is 12.0. The van der Waals surface area contributed by atoms with Crippen LogP contribution in [0, 0.1) is 11.8 Å². The Bertz CT molecular complexity index is 290. The van der Waals surface area contributed by atoms with Crippen LogP contribution in [0.25, 0.3) is 0 Å². The number of hydrogen-bond acceptors (Lipinski definition) is 3. The van der Waals surface area contributed by atoms with E-state index in [0.29, 0.717) is 25.3 Å². The highest BCUT2D eigenvalue weighted by Crippen LogP contribution is 2.17. The molecule has 3 atom stereocenters. The molecule has 2 aliphatic rings. The summed E-state index contributed by atoms with van der Waals surface area (Å²) in [5.41, 5.74) is 0. The third-order valence-corrected chi connectivity index (χ3v) is 3.68. The summed E-state index contributed by atoms with van der Waals surface area (Å²) in [6.45, 7) is 4.03. The lowest BCUT2D eigenvalue weighted by Gasteiger charge is -2.25. The molecule has 0 bridgehead atoms. The zero-order chi connectivity index (χ0) is 12.3. The van der Waals surface area contributed by atoms with Gasteiger partial charge in [-0.05, 0) is 19.8 Å². The molecule has 0 saturated carbocycles. The van der Waals surface area contributed by atoms with Gasteiger partial charge < -0.3 is 15.4 Å². The Labute approximate surface area is 101 Å². The summed E-state index contributed by atoms with van der Waals surface area (Å²) < 4.78 is 5.31. The number of ether oxygens (including phenoxy) is 1. The second kappa shape index (κ2) is 5.49. The van der Waals surface area contributed by atoms with Crippen molar-refractivity contribution in [2.45, 2.75) is 32.2 Å². The number of hydrogen-bond donors (Lipinski definition) is 2. The number of carbonyl (C=O) groups excluding carboxylic acids is 2. The molecule has 2 amide bonds. The molecule has 2 fully saturated rings. The van der Waals surface area contributed by atoms with Gasteiger partial charge in [0.2, 0.25) is 11.8 Å². The van der Waals surface area contributed by atoms with Crippen LogP contribution in [-0.2, 0) is 14.3 Å². The van der Waals surface area contributed by atoms with Gasteiger partial charge in [0.25, 0.3) is 0 Å². The summed E-state index contributed by atoms with van der Waals surface area (Å²) >= 11 is 0. The molecule has 0 aromatic rings. The number of carbonyl (C=O) groups is 2. The molecule has 96 valence electrons. The number of amides is 2. The first-order valence-corrected chi connectivity index (χ1v) is 6.31.